The highest BCUT2D eigenvalue weighted by molar-refractivity contribution is 6.03. The molecule has 1 heterocycles. The van der Waals surface area contributed by atoms with Crippen molar-refractivity contribution in [1.29, 1.82) is 0 Å². The molecule has 1 amide bonds. The number of aryl methyl sites for hydroxylation is 1. The Kier molecular flexibility index (Phi) is 5.83. The highest BCUT2D eigenvalue weighted by atomic mass is 19.1. The van der Waals surface area contributed by atoms with Crippen LogP contribution in [0.3, 0.4) is 0 Å². The van der Waals surface area contributed by atoms with E-state index >= 15 is 0 Å². The van der Waals surface area contributed by atoms with E-state index in [0.717, 1.165) is 5.56 Å². The van der Waals surface area contributed by atoms with Gasteiger partial charge in [0.1, 0.15) is 18.2 Å². The van der Waals surface area contributed by atoms with Crippen LogP contribution in [0, 0.1) is 12.7 Å². The van der Waals surface area contributed by atoms with Gasteiger partial charge in [-0.3, -0.25) is 4.79 Å². The molecule has 2 aromatic carbocycles. The highest BCUT2D eigenvalue weighted by Crippen LogP contribution is 2.26. The van der Waals surface area contributed by atoms with Gasteiger partial charge in [0.25, 0.3) is 5.91 Å². The second kappa shape index (κ2) is 8.46. The second-order valence-electron chi connectivity index (χ2n) is 5.92. The molecule has 0 spiro atoms. The Morgan fingerprint density at radius 2 is 1.93 bits per heavy atom. The van der Waals surface area contributed by atoms with E-state index in [1.54, 1.807) is 37.6 Å². The summed E-state index contributed by atoms with van der Waals surface area (Å²) in [6.45, 7) is 2.77. The third kappa shape index (κ3) is 4.71. The first kappa shape index (κ1) is 18.6. The quantitative estimate of drug-likeness (QED) is 0.647. The van der Waals surface area contributed by atoms with E-state index in [9.17, 15) is 9.18 Å². The Bertz CT molecular complexity index is 922. The molecule has 0 fully saturated rings. The molecule has 0 saturated carbocycles. The average Bonchev–Trinajstić information content (AvgIpc) is 3.15. The summed E-state index contributed by atoms with van der Waals surface area (Å²) in [5.74, 6) is -0.126. The first-order valence-corrected chi connectivity index (χ1v) is 8.42. The van der Waals surface area contributed by atoms with Gasteiger partial charge in [-0.1, -0.05) is 6.07 Å². The lowest BCUT2D eigenvalue weighted by molar-refractivity contribution is 0.102. The van der Waals surface area contributed by atoms with E-state index in [-0.39, 0.29) is 17.4 Å². The molecule has 0 saturated heterocycles. The van der Waals surface area contributed by atoms with Crippen LogP contribution in [0.1, 0.15) is 16.1 Å². The summed E-state index contributed by atoms with van der Waals surface area (Å²) in [4.78, 5) is 12.6. The van der Waals surface area contributed by atoms with Gasteiger partial charge in [-0.05, 0) is 55.0 Å². The number of aromatic nitrogens is 2. The third-order valence-corrected chi connectivity index (χ3v) is 3.84. The molecule has 0 aliphatic heterocycles. The molecule has 0 aliphatic rings. The SMILES string of the molecule is COCCOc1cc(C)ccc1NC(=O)c1ccn(-c2ccc(F)cc2)n1. The molecule has 0 aliphatic carbocycles. The van der Waals surface area contributed by atoms with Crippen LogP contribution >= 0.6 is 0 Å². The molecule has 140 valence electrons. The van der Waals surface area contributed by atoms with E-state index < -0.39 is 0 Å². The Hall–Kier alpha value is -3.19. The topological polar surface area (TPSA) is 65.4 Å². The highest BCUT2D eigenvalue weighted by Gasteiger charge is 2.13. The number of carbonyl (C=O) groups is 1. The largest absolute Gasteiger partial charge is 0.489 e. The maximum atomic E-state index is 13.0. The lowest BCUT2D eigenvalue weighted by atomic mass is 10.2. The van der Waals surface area contributed by atoms with Crippen LogP contribution in [-0.4, -0.2) is 36.0 Å². The summed E-state index contributed by atoms with van der Waals surface area (Å²) in [6.07, 6.45) is 1.65. The summed E-state index contributed by atoms with van der Waals surface area (Å²) in [6, 6.07) is 13.0. The van der Waals surface area contributed by atoms with Gasteiger partial charge in [-0.15, -0.1) is 0 Å². The number of hydrogen-bond donors (Lipinski definition) is 1. The molecule has 0 radical (unpaired) electrons. The van der Waals surface area contributed by atoms with Gasteiger partial charge in [0.2, 0.25) is 0 Å². The molecule has 3 aromatic rings. The van der Waals surface area contributed by atoms with Gasteiger partial charge >= 0.3 is 0 Å². The van der Waals surface area contributed by atoms with Gasteiger partial charge in [0, 0.05) is 13.3 Å². The van der Waals surface area contributed by atoms with Crippen LogP contribution in [0.4, 0.5) is 10.1 Å². The Balaban J connectivity index is 1.75. The average molecular weight is 369 g/mol. The van der Waals surface area contributed by atoms with Crippen LogP contribution in [-0.2, 0) is 4.74 Å². The zero-order valence-corrected chi connectivity index (χ0v) is 15.1. The molecular formula is C20H20FN3O3. The van der Waals surface area contributed by atoms with Crippen LogP contribution in [0.5, 0.6) is 5.75 Å². The predicted octanol–water partition coefficient (Wildman–Crippen LogP) is 3.60. The molecule has 6 nitrogen and oxygen atoms in total. The van der Waals surface area contributed by atoms with Crippen molar-refractivity contribution in [2.45, 2.75) is 6.92 Å². The number of rotatable bonds is 7. The molecule has 7 heteroatoms. The Morgan fingerprint density at radius 3 is 2.67 bits per heavy atom. The molecule has 3 rings (SSSR count). The fourth-order valence-corrected chi connectivity index (χ4v) is 2.46. The number of anilines is 1. The zero-order chi connectivity index (χ0) is 19.2. The monoisotopic (exact) mass is 369 g/mol. The van der Waals surface area contributed by atoms with Crippen molar-refractivity contribution in [2.24, 2.45) is 0 Å². The maximum Gasteiger partial charge on any atom is 0.276 e. The summed E-state index contributed by atoms with van der Waals surface area (Å²) >= 11 is 0. The smallest absolute Gasteiger partial charge is 0.276 e. The maximum absolute atomic E-state index is 13.0. The van der Waals surface area contributed by atoms with Crippen molar-refractivity contribution in [2.75, 3.05) is 25.6 Å². The Labute approximate surface area is 156 Å². The number of halogens is 1. The van der Waals surface area contributed by atoms with Crippen LogP contribution in [0.2, 0.25) is 0 Å². The normalized spacial score (nSPS) is 10.6. The number of nitrogens with one attached hydrogen (secondary N) is 1. The van der Waals surface area contributed by atoms with Gasteiger partial charge in [-0.2, -0.15) is 5.10 Å². The first-order valence-electron chi connectivity index (χ1n) is 8.42. The van der Waals surface area contributed by atoms with Crippen molar-refractivity contribution >= 4 is 11.6 Å². The lowest BCUT2D eigenvalue weighted by Crippen LogP contribution is -2.15. The molecular weight excluding hydrogens is 349 g/mol. The van der Waals surface area contributed by atoms with Gasteiger partial charge in [0.15, 0.2) is 5.69 Å². The fourth-order valence-electron chi connectivity index (χ4n) is 2.46. The third-order valence-electron chi connectivity index (χ3n) is 3.84. The molecule has 27 heavy (non-hydrogen) atoms. The summed E-state index contributed by atoms with van der Waals surface area (Å²) in [5, 5.41) is 7.06. The van der Waals surface area contributed by atoms with Gasteiger partial charge in [-0.25, -0.2) is 9.07 Å². The van der Waals surface area contributed by atoms with E-state index in [2.05, 4.69) is 10.4 Å². The number of hydrogen-bond acceptors (Lipinski definition) is 4. The zero-order valence-electron chi connectivity index (χ0n) is 15.1. The molecule has 0 atom stereocenters. The van der Waals surface area contributed by atoms with Crippen LogP contribution in [0.15, 0.2) is 54.7 Å². The van der Waals surface area contributed by atoms with E-state index in [1.165, 1.54) is 16.8 Å². The summed E-state index contributed by atoms with van der Waals surface area (Å²) in [5.41, 5.74) is 2.47. The molecule has 1 N–H and O–H groups in total. The number of benzene rings is 2. The number of nitrogens with zero attached hydrogens (tertiary/aromatic N) is 2. The number of ether oxygens (including phenoxy) is 2. The van der Waals surface area contributed by atoms with Gasteiger partial charge < -0.3 is 14.8 Å². The lowest BCUT2D eigenvalue weighted by Gasteiger charge is -2.12. The number of carbonyl (C=O) groups excluding carboxylic acids is 1. The molecule has 0 unspecified atom stereocenters. The minimum absolute atomic E-state index is 0.239. The van der Waals surface area contributed by atoms with E-state index in [0.29, 0.717) is 30.3 Å². The van der Waals surface area contributed by atoms with Crippen LogP contribution in [0.25, 0.3) is 5.69 Å². The van der Waals surface area contributed by atoms with E-state index in [1.807, 2.05) is 19.1 Å². The van der Waals surface area contributed by atoms with Crippen molar-refractivity contribution in [3.8, 4) is 11.4 Å². The number of methoxy groups -OCH3 is 1. The van der Waals surface area contributed by atoms with Crippen molar-refractivity contribution in [3.05, 3.63) is 71.8 Å². The summed E-state index contributed by atoms with van der Waals surface area (Å²) < 4.78 is 25.2. The molecule has 1 aromatic heterocycles. The van der Waals surface area contributed by atoms with E-state index in [4.69, 9.17) is 9.47 Å². The first-order chi connectivity index (χ1) is 13.1. The van der Waals surface area contributed by atoms with Crippen molar-refractivity contribution in [1.82, 2.24) is 9.78 Å². The fraction of sp³-hybridized carbons (Fsp3) is 0.200. The van der Waals surface area contributed by atoms with Crippen LogP contribution < -0.4 is 10.1 Å². The van der Waals surface area contributed by atoms with Gasteiger partial charge in [0.05, 0.1) is 18.0 Å². The minimum Gasteiger partial charge on any atom is -0.489 e. The van der Waals surface area contributed by atoms with Crippen molar-refractivity contribution in [3.63, 3.8) is 0 Å². The standard InChI is InChI=1S/C20H20FN3O3/c1-14-3-8-17(19(13-14)27-12-11-26-2)22-20(25)18-9-10-24(23-18)16-6-4-15(21)5-7-16/h3-10,13H,11-12H2,1-2H3,(H,22,25). The minimum atomic E-state index is -0.365. The number of amides is 1. The Morgan fingerprint density at radius 1 is 1.15 bits per heavy atom. The van der Waals surface area contributed by atoms with Crippen molar-refractivity contribution < 1.29 is 18.7 Å². The predicted molar refractivity (Wildman–Crippen MR) is 100 cm³/mol. The summed E-state index contributed by atoms with van der Waals surface area (Å²) in [7, 11) is 1.60. The molecule has 0 bridgehead atoms. The second-order valence-corrected chi connectivity index (χ2v) is 5.92.